The van der Waals surface area contributed by atoms with Crippen LogP contribution in [0.4, 0.5) is 22.7 Å². The van der Waals surface area contributed by atoms with Gasteiger partial charge in [-0.3, -0.25) is 54.0 Å². The summed E-state index contributed by atoms with van der Waals surface area (Å²) in [5.74, 6) is -1.67. The number of piperazine rings is 1. The number of nitro groups is 1. The van der Waals surface area contributed by atoms with Crippen molar-refractivity contribution in [3.05, 3.63) is 159 Å². The number of halogens is 1. The lowest BCUT2D eigenvalue weighted by molar-refractivity contribution is -0.384. The molecule has 104 heavy (non-hydrogen) atoms. The Kier molecular flexibility index (Phi) is 25.1. The van der Waals surface area contributed by atoms with E-state index in [9.17, 15) is 47.3 Å². The lowest BCUT2D eigenvalue weighted by atomic mass is 9.97. The Morgan fingerprint density at radius 1 is 0.731 bits per heavy atom. The molecule has 0 radical (unpaired) electrons. The molecule has 550 valence electrons. The second-order valence-electron chi connectivity index (χ2n) is 25.8. The number of piperidine rings is 1. The van der Waals surface area contributed by atoms with Crippen LogP contribution in [0.1, 0.15) is 68.7 Å². The molecule has 0 bridgehead atoms. The summed E-state index contributed by atoms with van der Waals surface area (Å²) < 4.78 is 70.8. The van der Waals surface area contributed by atoms with Gasteiger partial charge >= 0.3 is 0 Å². The number of hydrogen-bond donors (Lipinski definition) is 6. The minimum Gasteiger partial charge on any atom is -0.493 e. The summed E-state index contributed by atoms with van der Waals surface area (Å²) in [5, 5.41) is 25.0. The SMILES string of the molecule is O=C(CCOCCOCCOCCOCCNc1cccc2c1C(=O)N(C1CCC(=O)NC1=O)C2=O)NCCN1CC(COc2cccc(-c3ccc(Cl)cc3)c2CN2CCN(c3ccc(C(=O)NS(=O)(=O)c4ccc(NCC5CCOCC5)c([N+](=O)[O-])c4)c(Oc4cnc5[nH]ccc5c4)c3)CC2)C1. The standard InChI is InChI=1S/C73H83ClN12O17S/c74-52-9-7-50(8-10-52)56-3-2-6-64(102-47-49-44-83(45-49)24-22-76-66(87)20-31-98-33-35-100-37-38-101-36-34-99-32-23-75-61-5-1-4-58-68(61)73(92)85(72(58)91)62-15-16-67(88)80-71(62)90)59(56)46-82-25-27-84(28-26-82)53-11-13-57(65(40-53)103-54-39-51-17-21-77-69(51)79-43-54)70(89)81-104(95,96)55-12-14-60(63(41-55)86(93)94)78-42-48-18-29-97-30-19-48/h1-14,17,21,39-41,43,48-49,62,75,78H,15-16,18-20,22-38,42,44-47H2,(H,76,87)(H,77,79)(H,81,89)(H,80,88,90). The van der Waals surface area contributed by atoms with E-state index in [2.05, 4.69) is 56.7 Å². The third kappa shape index (κ3) is 19.0. The Bertz CT molecular complexity index is 4360. The second-order valence-corrected chi connectivity index (χ2v) is 27.9. The lowest BCUT2D eigenvalue weighted by Crippen LogP contribution is -2.54. The summed E-state index contributed by atoms with van der Waals surface area (Å²) in [6.45, 7) is 11.0. The van der Waals surface area contributed by atoms with Crippen LogP contribution in [-0.2, 0) is 54.6 Å². The maximum Gasteiger partial charge on any atom is 0.293 e. The van der Waals surface area contributed by atoms with Crippen LogP contribution in [0.5, 0.6) is 17.2 Å². The predicted molar refractivity (Wildman–Crippen MR) is 385 cm³/mol. The van der Waals surface area contributed by atoms with Gasteiger partial charge in [0, 0.05) is 150 Å². The fraction of sp³-hybridized carbons (Fsp3) is 0.411. The number of rotatable bonds is 36. The molecule has 5 aliphatic rings. The minimum absolute atomic E-state index is 0.0415. The van der Waals surface area contributed by atoms with Crippen molar-refractivity contribution in [2.45, 2.75) is 49.6 Å². The number of sulfonamides is 1. The molecule has 7 aromatic rings. The highest BCUT2D eigenvalue weighted by atomic mass is 35.5. The number of likely N-dealkylation sites (tertiary alicyclic amines) is 1. The number of nitro benzene ring substituents is 1. The quantitative estimate of drug-likeness (QED) is 0.00973. The van der Waals surface area contributed by atoms with Gasteiger partial charge in [-0.15, -0.1) is 0 Å². The van der Waals surface area contributed by atoms with Crippen molar-refractivity contribution in [1.82, 2.24) is 40.0 Å². The topological polar surface area (TPSA) is 346 Å². The number of anilines is 3. The van der Waals surface area contributed by atoms with Crippen LogP contribution in [0.2, 0.25) is 5.02 Å². The van der Waals surface area contributed by atoms with E-state index in [0.717, 1.165) is 70.4 Å². The van der Waals surface area contributed by atoms with E-state index in [1.54, 1.807) is 42.6 Å². The molecule has 0 aliphatic carbocycles. The molecule has 4 fully saturated rings. The van der Waals surface area contributed by atoms with E-state index in [0.29, 0.717) is 147 Å². The van der Waals surface area contributed by atoms with Crippen molar-refractivity contribution >= 4 is 90.9 Å². The number of benzene rings is 5. The normalized spacial score (nSPS) is 16.8. The number of fused-ring (bicyclic) bond motifs is 2. The molecular weight excluding hydrogens is 1380 g/mol. The number of aromatic amines is 1. The largest absolute Gasteiger partial charge is 0.493 e. The van der Waals surface area contributed by atoms with Gasteiger partial charge in [-0.1, -0.05) is 41.9 Å². The molecule has 31 heteroatoms. The number of nitrogens with one attached hydrogen (secondary N) is 6. The summed E-state index contributed by atoms with van der Waals surface area (Å²) >= 11 is 6.36. The number of carbonyl (C=O) groups is 6. The van der Waals surface area contributed by atoms with Crippen molar-refractivity contribution in [3.8, 4) is 28.4 Å². The molecule has 6 N–H and O–H groups in total. The summed E-state index contributed by atoms with van der Waals surface area (Å²) in [6, 6.07) is 29.7. The minimum atomic E-state index is -4.63. The molecule has 12 rings (SSSR count). The zero-order valence-electron chi connectivity index (χ0n) is 57.3. The Balaban J connectivity index is 0.550. The van der Waals surface area contributed by atoms with Gasteiger partial charge in [0.2, 0.25) is 17.7 Å². The van der Waals surface area contributed by atoms with Gasteiger partial charge in [-0.2, -0.15) is 0 Å². The second kappa shape index (κ2) is 35.2. The van der Waals surface area contributed by atoms with Gasteiger partial charge in [0.25, 0.3) is 33.4 Å². The van der Waals surface area contributed by atoms with Crippen LogP contribution < -0.4 is 40.4 Å². The zero-order valence-corrected chi connectivity index (χ0v) is 58.9. The van der Waals surface area contributed by atoms with E-state index in [-0.39, 0.29) is 71.7 Å². The summed E-state index contributed by atoms with van der Waals surface area (Å²) in [7, 11) is -4.63. The van der Waals surface area contributed by atoms with Gasteiger partial charge in [-0.25, -0.2) is 18.1 Å². The molecule has 0 saturated carbocycles. The fourth-order valence-electron chi connectivity index (χ4n) is 13.1. The van der Waals surface area contributed by atoms with E-state index < -0.39 is 61.1 Å². The van der Waals surface area contributed by atoms with E-state index in [1.807, 2.05) is 42.5 Å². The summed E-state index contributed by atoms with van der Waals surface area (Å²) in [4.78, 5) is 104. The van der Waals surface area contributed by atoms with E-state index in [4.69, 9.17) is 44.8 Å². The van der Waals surface area contributed by atoms with Crippen molar-refractivity contribution in [1.29, 1.82) is 0 Å². The van der Waals surface area contributed by atoms with Gasteiger partial charge in [-0.05, 0) is 103 Å². The molecule has 29 nitrogen and oxygen atoms in total. The van der Waals surface area contributed by atoms with Crippen LogP contribution in [0.3, 0.4) is 0 Å². The molecule has 6 amide bonds. The monoisotopic (exact) mass is 1470 g/mol. The molecule has 5 aliphatic heterocycles. The number of hydrogen-bond acceptors (Lipinski definition) is 23. The zero-order chi connectivity index (χ0) is 72.5. The third-order valence-corrected chi connectivity index (χ3v) is 20.3. The Hall–Kier alpha value is -9.63. The average Bonchev–Trinajstić information content (AvgIpc) is 1.59. The van der Waals surface area contributed by atoms with Gasteiger partial charge in [0.05, 0.1) is 92.2 Å². The number of H-pyrrole nitrogens is 1. The molecule has 7 heterocycles. The Morgan fingerprint density at radius 3 is 2.21 bits per heavy atom. The third-order valence-electron chi connectivity index (χ3n) is 18.7. The van der Waals surface area contributed by atoms with Crippen molar-refractivity contribution in [3.63, 3.8) is 0 Å². The number of ether oxygens (including phenoxy) is 7. The molecule has 5 aromatic carbocycles. The van der Waals surface area contributed by atoms with Crippen LogP contribution in [0.15, 0.2) is 126 Å². The first-order valence-electron chi connectivity index (χ1n) is 34.8. The molecular formula is C73H83ClN12O17S. The number of aromatic nitrogens is 2. The highest BCUT2D eigenvalue weighted by Crippen LogP contribution is 2.38. The lowest BCUT2D eigenvalue weighted by Gasteiger charge is -2.39. The molecule has 4 saturated heterocycles. The first-order valence-corrected chi connectivity index (χ1v) is 36.7. The van der Waals surface area contributed by atoms with Crippen molar-refractivity contribution < 1.29 is 75.3 Å². The number of imide groups is 2. The maximum absolute atomic E-state index is 14.2. The smallest absolute Gasteiger partial charge is 0.293 e. The number of pyridine rings is 1. The summed E-state index contributed by atoms with van der Waals surface area (Å²) in [6.07, 6.45) is 5.17. The Morgan fingerprint density at radius 2 is 1.46 bits per heavy atom. The van der Waals surface area contributed by atoms with Crippen LogP contribution >= 0.6 is 11.6 Å². The molecule has 0 spiro atoms. The average molecular weight is 1470 g/mol. The van der Waals surface area contributed by atoms with E-state index >= 15 is 0 Å². The first kappa shape index (κ1) is 74.1. The van der Waals surface area contributed by atoms with Crippen molar-refractivity contribution in [2.75, 3.05) is 154 Å². The highest BCUT2D eigenvalue weighted by molar-refractivity contribution is 7.90. The van der Waals surface area contributed by atoms with E-state index in [1.165, 1.54) is 24.4 Å². The molecule has 1 unspecified atom stereocenters. The Labute approximate surface area is 605 Å². The van der Waals surface area contributed by atoms with Crippen LogP contribution in [0, 0.1) is 22.0 Å². The van der Waals surface area contributed by atoms with Gasteiger partial charge in [0.1, 0.15) is 34.6 Å². The maximum atomic E-state index is 14.2. The molecule has 2 aromatic heterocycles. The molecule has 1 atom stereocenters. The van der Waals surface area contributed by atoms with Crippen LogP contribution in [0.25, 0.3) is 22.2 Å². The van der Waals surface area contributed by atoms with Gasteiger partial charge < -0.3 is 63.9 Å². The number of nitrogens with zero attached hydrogens (tertiary/aromatic N) is 6. The summed E-state index contributed by atoms with van der Waals surface area (Å²) in [5.41, 5.74) is 4.87. The highest BCUT2D eigenvalue weighted by Gasteiger charge is 2.46. The fourth-order valence-corrected chi connectivity index (χ4v) is 14.2. The number of carbonyl (C=O) groups excluding carboxylic acids is 6. The number of amides is 6. The van der Waals surface area contributed by atoms with Crippen molar-refractivity contribution in [2.24, 2.45) is 11.8 Å². The first-order chi connectivity index (χ1) is 50.5. The van der Waals surface area contributed by atoms with Gasteiger partial charge in [0.15, 0.2) is 0 Å². The van der Waals surface area contributed by atoms with Crippen LogP contribution in [-0.4, -0.2) is 218 Å². The predicted octanol–water partition coefficient (Wildman–Crippen LogP) is 7.26.